The highest BCUT2D eigenvalue weighted by atomic mass is 16.5. The number of aromatic amines is 1. The molecule has 2 rings (SSSR count). The average molecular weight is 227 g/mol. The highest BCUT2D eigenvalue weighted by molar-refractivity contribution is 5.40. The van der Waals surface area contributed by atoms with E-state index in [2.05, 4.69) is 5.10 Å². The molecule has 6 heteroatoms. The Balaban J connectivity index is 2.34. The first-order valence-electron chi connectivity index (χ1n) is 5.41. The quantitative estimate of drug-likeness (QED) is 0.677. The van der Waals surface area contributed by atoms with E-state index in [1.807, 2.05) is 0 Å². The fraction of sp³-hybridized carbons (Fsp3) is 0.700. The summed E-state index contributed by atoms with van der Waals surface area (Å²) in [6.45, 7) is 0.275. The number of nitrogens with one attached hydrogen (secondary N) is 1. The van der Waals surface area contributed by atoms with Crippen molar-refractivity contribution < 1.29 is 9.84 Å². The van der Waals surface area contributed by atoms with Crippen LogP contribution in [-0.2, 0) is 11.3 Å². The molecular formula is C10H17N3O3. The van der Waals surface area contributed by atoms with Gasteiger partial charge in [0.2, 0.25) is 0 Å². The minimum atomic E-state index is -0.467. The minimum absolute atomic E-state index is 0.180. The third kappa shape index (κ3) is 1.74. The Morgan fingerprint density at radius 3 is 2.94 bits per heavy atom. The molecule has 0 radical (unpaired) electrons. The number of nitrogen functional groups attached to an aromatic ring is 1. The van der Waals surface area contributed by atoms with Crippen molar-refractivity contribution in [3.05, 3.63) is 16.0 Å². The Morgan fingerprint density at radius 1 is 1.62 bits per heavy atom. The van der Waals surface area contributed by atoms with Gasteiger partial charge in [0.05, 0.1) is 24.4 Å². The summed E-state index contributed by atoms with van der Waals surface area (Å²) < 4.78 is 6.37. The molecule has 1 aliphatic carbocycles. The molecule has 1 aromatic heterocycles. The molecule has 2 unspecified atom stereocenters. The van der Waals surface area contributed by atoms with Crippen molar-refractivity contribution >= 4 is 5.69 Å². The Morgan fingerprint density at radius 2 is 2.38 bits per heavy atom. The number of rotatable bonds is 3. The average Bonchev–Trinajstić information content (AvgIpc) is 2.78. The third-order valence-corrected chi connectivity index (χ3v) is 3.09. The number of nitrogens with two attached hydrogens (primary N) is 1. The normalized spacial score (nSPS) is 25.1. The van der Waals surface area contributed by atoms with Gasteiger partial charge < -0.3 is 15.6 Å². The van der Waals surface area contributed by atoms with Crippen LogP contribution in [0.1, 0.15) is 31.0 Å². The molecule has 0 bridgehead atoms. The lowest BCUT2D eigenvalue weighted by Crippen LogP contribution is -2.28. The van der Waals surface area contributed by atoms with Gasteiger partial charge in [-0.3, -0.25) is 9.89 Å². The van der Waals surface area contributed by atoms with Gasteiger partial charge in [-0.15, -0.1) is 0 Å². The number of hydrogen-bond acceptors (Lipinski definition) is 4. The maximum atomic E-state index is 11.8. The van der Waals surface area contributed by atoms with E-state index < -0.39 is 6.10 Å². The molecule has 0 aliphatic heterocycles. The summed E-state index contributed by atoms with van der Waals surface area (Å²) in [5.74, 6) is 0. The maximum Gasteiger partial charge on any atom is 0.290 e. The fourth-order valence-corrected chi connectivity index (χ4v) is 2.23. The zero-order valence-corrected chi connectivity index (χ0v) is 9.27. The Hall–Kier alpha value is -1.27. The van der Waals surface area contributed by atoms with Gasteiger partial charge in [0, 0.05) is 7.11 Å². The van der Waals surface area contributed by atoms with E-state index in [1.165, 1.54) is 4.68 Å². The number of ether oxygens (including phenoxy) is 1. The Bertz CT molecular complexity index is 423. The zero-order valence-electron chi connectivity index (χ0n) is 9.27. The van der Waals surface area contributed by atoms with Crippen LogP contribution in [0.15, 0.2) is 4.79 Å². The molecule has 1 saturated carbocycles. The molecule has 6 nitrogen and oxygen atoms in total. The number of anilines is 1. The van der Waals surface area contributed by atoms with Crippen molar-refractivity contribution in [2.45, 2.75) is 38.0 Å². The van der Waals surface area contributed by atoms with Crippen molar-refractivity contribution in [2.24, 2.45) is 0 Å². The molecule has 0 saturated heterocycles. The molecule has 90 valence electrons. The first-order valence-corrected chi connectivity index (χ1v) is 5.41. The van der Waals surface area contributed by atoms with Crippen molar-refractivity contribution in [2.75, 3.05) is 12.8 Å². The minimum Gasteiger partial charge on any atom is -0.393 e. The predicted molar refractivity (Wildman–Crippen MR) is 59.1 cm³/mol. The number of aliphatic hydroxyl groups excluding tert-OH is 1. The number of hydrogen-bond donors (Lipinski definition) is 3. The standard InChI is InChI=1S/C10H17N3O3/c1-16-5-6-9(11)10(15)13(12-6)7-3-2-4-8(7)14/h7-8,12,14H,2-5,11H2,1H3. The largest absolute Gasteiger partial charge is 0.393 e. The van der Waals surface area contributed by atoms with Crippen LogP contribution in [0.25, 0.3) is 0 Å². The molecule has 0 aromatic carbocycles. The summed E-state index contributed by atoms with van der Waals surface area (Å²) in [5.41, 5.74) is 6.17. The number of methoxy groups -OCH3 is 1. The van der Waals surface area contributed by atoms with Crippen molar-refractivity contribution in [3.63, 3.8) is 0 Å². The molecule has 4 N–H and O–H groups in total. The summed E-state index contributed by atoms with van der Waals surface area (Å²) >= 11 is 0. The van der Waals surface area contributed by atoms with Crippen LogP contribution in [0.4, 0.5) is 5.69 Å². The summed E-state index contributed by atoms with van der Waals surface area (Å²) in [5, 5.41) is 12.7. The number of nitrogens with zero attached hydrogens (tertiary/aromatic N) is 1. The number of aromatic nitrogens is 2. The van der Waals surface area contributed by atoms with E-state index in [9.17, 15) is 9.90 Å². The predicted octanol–water partition coefficient (Wildman–Crippen LogP) is -0.00910. The molecule has 0 spiro atoms. The monoisotopic (exact) mass is 227 g/mol. The lowest BCUT2D eigenvalue weighted by Gasteiger charge is -2.14. The van der Waals surface area contributed by atoms with Crippen LogP contribution in [-0.4, -0.2) is 28.1 Å². The molecule has 1 aromatic rings. The molecule has 0 amide bonds. The van der Waals surface area contributed by atoms with Crippen LogP contribution in [0.5, 0.6) is 0 Å². The van der Waals surface area contributed by atoms with Gasteiger partial charge in [0.1, 0.15) is 5.69 Å². The Kier molecular flexibility index (Phi) is 3.02. The Labute approximate surface area is 93.0 Å². The van der Waals surface area contributed by atoms with Gasteiger partial charge >= 0.3 is 0 Å². The second-order valence-electron chi connectivity index (χ2n) is 4.18. The van der Waals surface area contributed by atoms with Gasteiger partial charge in [0.25, 0.3) is 5.56 Å². The van der Waals surface area contributed by atoms with E-state index >= 15 is 0 Å². The first-order chi connectivity index (χ1) is 7.65. The lowest BCUT2D eigenvalue weighted by molar-refractivity contribution is 0.127. The van der Waals surface area contributed by atoms with Gasteiger partial charge in [-0.25, -0.2) is 4.68 Å². The van der Waals surface area contributed by atoms with Crippen molar-refractivity contribution in [1.82, 2.24) is 9.78 Å². The number of H-pyrrole nitrogens is 1. The summed E-state index contributed by atoms with van der Waals surface area (Å²) in [6.07, 6.45) is 1.99. The second kappa shape index (κ2) is 4.31. The van der Waals surface area contributed by atoms with E-state index in [4.69, 9.17) is 10.5 Å². The first kappa shape index (κ1) is 11.2. The van der Waals surface area contributed by atoms with Crippen LogP contribution >= 0.6 is 0 Å². The topological polar surface area (TPSA) is 93.3 Å². The fourth-order valence-electron chi connectivity index (χ4n) is 2.23. The van der Waals surface area contributed by atoms with E-state index in [0.29, 0.717) is 5.69 Å². The number of aliphatic hydroxyl groups is 1. The second-order valence-corrected chi connectivity index (χ2v) is 4.18. The van der Waals surface area contributed by atoms with E-state index in [1.54, 1.807) is 7.11 Å². The van der Waals surface area contributed by atoms with Crippen LogP contribution in [0.3, 0.4) is 0 Å². The van der Waals surface area contributed by atoms with Crippen LogP contribution < -0.4 is 11.3 Å². The molecule has 1 aliphatic rings. The van der Waals surface area contributed by atoms with Crippen molar-refractivity contribution in [3.8, 4) is 0 Å². The van der Waals surface area contributed by atoms with E-state index in [-0.39, 0.29) is 23.9 Å². The van der Waals surface area contributed by atoms with Crippen molar-refractivity contribution in [1.29, 1.82) is 0 Å². The van der Waals surface area contributed by atoms with Crippen LogP contribution in [0, 0.1) is 0 Å². The summed E-state index contributed by atoms with van der Waals surface area (Å²) in [4.78, 5) is 11.8. The lowest BCUT2D eigenvalue weighted by atomic mass is 10.2. The molecular weight excluding hydrogens is 210 g/mol. The smallest absolute Gasteiger partial charge is 0.290 e. The van der Waals surface area contributed by atoms with Gasteiger partial charge in [-0.05, 0) is 19.3 Å². The highest BCUT2D eigenvalue weighted by Crippen LogP contribution is 2.28. The summed E-state index contributed by atoms with van der Waals surface area (Å²) in [6, 6.07) is -0.180. The molecule has 16 heavy (non-hydrogen) atoms. The van der Waals surface area contributed by atoms with Crippen LogP contribution in [0.2, 0.25) is 0 Å². The van der Waals surface area contributed by atoms with E-state index in [0.717, 1.165) is 19.3 Å². The zero-order chi connectivity index (χ0) is 11.7. The summed E-state index contributed by atoms with van der Waals surface area (Å²) in [7, 11) is 1.54. The van der Waals surface area contributed by atoms with Gasteiger partial charge in [-0.2, -0.15) is 0 Å². The van der Waals surface area contributed by atoms with Gasteiger partial charge in [0.15, 0.2) is 0 Å². The highest BCUT2D eigenvalue weighted by Gasteiger charge is 2.29. The molecule has 2 atom stereocenters. The SMILES string of the molecule is COCc1[nH]n(C2CCCC2O)c(=O)c1N. The van der Waals surface area contributed by atoms with Gasteiger partial charge in [-0.1, -0.05) is 0 Å². The molecule has 1 fully saturated rings. The molecule has 1 heterocycles. The maximum absolute atomic E-state index is 11.8. The third-order valence-electron chi connectivity index (χ3n) is 3.09.